The van der Waals surface area contributed by atoms with Gasteiger partial charge in [0.1, 0.15) is 0 Å². The highest BCUT2D eigenvalue weighted by atomic mass is 16.1. The fraction of sp³-hybridized carbons (Fsp3) is 0.889. The summed E-state index contributed by atoms with van der Waals surface area (Å²) in [6.45, 7) is 10.3. The van der Waals surface area contributed by atoms with Gasteiger partial charge < -0.3 is 4.79 Å². The maximum Gasteiger partial charge on any atom is 0.168 e. The van der Waals surface area contributed by atoms with Crippen molar-refractivity contribution >= 4 is 13.5 Å². The monoisotopic (exact) mass is 152 g/mol. The van der Waals surface area contributed by atoms with Crippen LogP contribution in [0, 0.1) is 17.3 Å². The first kappa shape index (κ1) is 10.7. The Labute approximate surface area is 71.0 Å². The van der Waals surface area contributed by atoms with Gasteiger partial charge in [-0.15, -0.1) is 0 Å². The number of hydrogen-bond acceptors (Lipinski definition) is 1. The standard InChI is InChI=1S/C9H17BO/c1-6(2)9(4,5)7(3)8(10)11/h6-7H,1-5H3. The van der Waals surface area contributed by atoms with Gasteiger partial charge in [-0.2, -0.15) is 0 Å². The second-order valence-corrected chi connectivity index (χ2v) is 4.10. The van der Waals surface area contributed by atoms with Crippen molar-refractivity contribution in [1.29, 1.82) is 0 Å². The van der Waals surface area contributed by atoms with E-state index < -0.39 is 0 Å². The summed E-state index contributed by atoms with van der Waals surface area (Å²) in [6.07, 6.45) is 0. The number of carbonyl (C=O) groups is 1. The third-order valence-electron chi connectivity index (χ3n) is 3.03. The van der Waals surface area contributed by atoms with Crippen LogP contribution in [0.4, 0.5) is 0 Å². The molecule has 0 saturated heterocycles. The molecule has 0 aliphatic rings. The second-order valence-electron chi connectivity index (χ2n) is 4.10. The Morgan fingerprint density at radius 1 is 1.27 bits per heavy atom. The quantitative estimate of drug-likeness (QED) is 0.565. The van der Waals surface area contributed by atoms with Gasteiger partial charge in [0, 0.05) is 5.92 Å². The Bertz CT molecular complexity index is 150. The Morgan fingerprint density at radius 2 is 1.64 bits per heavy atom. The first-order chi connectivity index (χ1) is 4.80. The van der Waals surface area contributed by atoms with Gasteiger partial charge in [0.2, 0.25) is 0 Å². The van der Waals surface area contributed by atoms with Gasteiger partial charge >= 0.3 is 0 Å². The molecule has 11 heavy (non-hydrogen) atoms. The van der Waals surface area contributed by atoms with E-state index in [1.54, 1.807) is 0 Å². The second kappa shape index (κ2) is 3.42. The molecule has 0 aliphatic heterocycles. The molecule has 0 rings (SSSR count). The molecule has 0 fully saturated rings. The molecule has 0 aromatic carbocycles. The van der Waals surface area contributed by atoms with Gasteiger partial charge in [-0.3, -0.25) is 0 Å². The minimum absolute atomic E-state index is 0.00579. The first-order valence-electron chi connectivity index (χ1n) is 4.09. The number of carbonyl (C=O) groups excluding carboxylic acids is 1. The summed E-state index contributed by atoms with van der Waals surface area (Å²) in [4.78, 5) is 10.9. The minimum Gasteiger partial charge on any atom is -0.312 e. The summed E-state index contributed by atoms with van der Waals surface area (Å²) in [7, 11) is 5.22. The molecule has 1 nitrogen and oxygen atoms in total. The molecule has 1 atom stereocenters. The van der Waals surface area contributed by atoms with E-state index in [0.717, 1.165) is 0 Å². The molecule has 2 heteroatoms. The highest BCUT2D eigenvalue weighted by molar-refractivity contribution is 6.58. The normalized spacial score (nSPS) is 15.1. The van der Waals surface area contributed by atoms with E-state index in [2.05, 4.69) is 27.7 Å². The fourth-order valence-electron chi connectivity index (χ4n) is 0.867. The van der Waals surface area contributed by atoms with Gasteiger partial charge in [-0.05, 0) is 11.3 Å². The average Bonchev–Trinajstić information content (AvgIpc) is 1.85. The summed E-state index contributed by atoms with van der Waals surface area (Å²) in [5.41, 5.74) is -0.199. The molecule has 2 radical (unpaired) electrons. The molecule has 0 N–H and O–H groups in total. The predicted octanol–water partition coefficient (Wildman–Crippen LogP) is 2.00. The van der Waals surface area contributed by atoms with Crippen molar-refractivity contribution in [3.8, 4) is 0 Å². The van der Waals surface area contributed by atoms with Crippen molar-refractivity contribution in [1.82, 2.24) is 0 Å². The lowest BCUT2D eigenvalue weighted by molar-refractivity contribution is -0.118. The van der Waals surface area contributed by atoms with Gasteiger partial charge in [-0.25, -0.2) is 0 Å². The van der Waals surface area contributed by atoms with Gasteiger partial charge in [0.15, 0.2) is 7.85 Å². The van der Waals surface area contributed by atoms with Crippen molar-refractivity contribution in [3.63, 3.8) is 0 Å². The average molecular weight is 152 g/mol. The van der Waals surface area contributed by atoms with Crippen LogP contribution in [0.1, 0.15) is 34.6 Å². The molecule has 1 unspecified atom stereocenters. The summed E-state index contributed by atoms with van der Waals surface area (Å²) >= 11 is 0. The molecule has 0 aromatic heterocycles. The van der Waals surface area contributed by atoms with E-state index in [1.807, 2.05) is 6.92 Å². The highest BCUT2D eigenvalue weighted by Gasteiger charge is 2.31. The van der Waals surface area contributed by atoms with Crippen molar-refractivity contribution in [3.05, 3.63) is 0 Å². The third kappa shape index (κ3) is 2.35. The minimum atomic E-state index is -0.205. The number of hydrogen-bond donors (Lipinski definition) is 0. The van der Waals surface area contributed by atoms with E-state index in [0.29, 0.717) is 5.92 Å². The maximum absolute atomic E-state index is 10.9. The van der Waals surface area contributed by atoms with E-state index in [1.165, 1.54) is 0 Å². The molecule has 0 heterocycles. The summed E-state index contributed by atoms with van der Waals surface area (Å²) in [6, 6.07) is 0. The van der Waals surface area contributed by atoms with Crippen LogP contribution in [-0.4, -0.2) is 13.5 Å². The van der Waals surface area contributed by atoms with Crippen LogP contribution in [0.5, 0.6) is 0 Å². The highest BCUT2D eigenvalue weighted by Crippen LogP contribution is 2.34. The van der Waals surface area contributed by atoms with Crippen LogP contribution in [0.25, 0.3) is 0 Å². The molecule has 0 bridgehead atoms. The van der Waals surface area contributed by atoms with Crippen LogP contribution in [0.2, 0.25) is 0 Å². The first-order valence-corrected chi connectivity index (χ1v) is 4.09. The van der Waals surface area contributed by atoms with E-state index in [4.69, 9.17) is 7.85 Å². The molecular formula is C9H17BO. The van der Waals surface area contributed by atoms with E-state index in [-0.39, 0.29) is 17.0 Å². The van der Waals surface area contributed by atoms with Crippen LogP contribution in [0.15, 0.2) is 0 Å². The zero-order valence-electron chi connectivity index (χ0n) is 8.14. The topological polar surface area (TPSA) is 17.1 Å². The summed E-state index contributed by atoms with van der Waals surface area (Å²) < 4.78 is 0. The smallest absolute Gasteiger partial charge is 0.168 e. The molecule has 0 aliphatic carbocycles. The predicted molar refractivity (Wildman–Crippen MR) is 48.5 cm³/mol. The van der Waals surface area contributed by atoms with Crippen molar-refractivity contribution < 1.29 is 4.79 Å². The zero-order valence-corrected chi connectivity index (χ0v) is 8.14. The van der Waals surface area contributed by atoms with E-state index in [9.17, 15) is 4.79 Å². The SMILES string of the molecule is [B]C(=O)C(C)C(C)(C)C(C)C. The maximum atomic E-state index is 10.9. The van der Waals surface area contributed by atoms with Crippen molar-refractivity contribution in [2.75, 3.05) is 0 Å². The van der Waals surface area contributed by atoms with Crippen molar-refractivity contribution in [2.45, 2.75) is 34.6 Å². The molecular weight excluding hydrogens is 135 g/mol. The lowest BCUT2D eigenvalue weighted by Crippen LogP contribution is -2.33. The number of rotatable bonds is 3. The summed E-state index contributed by atoms with van der Waals surface area (Å²) in [5, 5.41) is 0. The largest absolute Gasteiger partial charge is 0.312 e. The Kier molecular flexibility index (Phi) is 3.34. The van der Waals surface area contributed by atoms with Gasteiger partial charge in [0.05, 0.1) is 5.68 Å². The fourth-order valence-corrected chi connectivity index (χ4v) is 0.867. The van der Waals surface area contributed by atoms with Crippen LogP contribution in [0.3, 0.4) is 0 Å². The third-order valence-corrected chi connectivity index (χ3v) is 3.03. The molecule has 0 aromatic rings. The lowest BCUT2D eigenvalue weighted by Gasteiger charge is -2.34. The molecule has 0 saturated carbocycles. The Morgan fingerprint density at radius 3 is 1.73 bits per heavy atom. The Balaban J connectivity index is 4.41. The van der Waals surface area contributed by atoms with Gasteiger partial charge in [0.25, 0.3) is 0 Å². The zero-order chi connectivity index (χ0) is 9.23. The van der Waals surface area contributed by atoms with Crippen molar-refractivity contribution in [2.24, 2.45) is 17.3 Å². The van der Waals surface area contributed by atoms with Crippen LogP contribution >= 0.6 is 0 Å². The Hall–Kier alpha value is -0.265. The van der Waals surface area contributed by atoms with Gasteiger partial charge in [-0.1, -0.05) is 34.6 Å². The summed E-state index contributed by atoms with van der Waals surface area (Å²) in [5.74, 6) is 0.424. The lowest BCUT2D eigenvalue weighted by atomic mass is 9.66. The van der Waals surface area contributed by atoms with E-state index >= 15 is 0 Å². The molecule has 0 amide bonds. The van der Waals surface area contributed by atoms with Crippen LogP contribution in [-0.2, 0) is 4.79 Å². The van der Waals surface area contributed by atoms with Crippen LogP contribution < -0.4 is 0 Å². The molecule has 0 spiro atoms. The molecule has 62 valence electrons.